The molecule has 4 aromatic carbocycles. The van der Waals surface area contributed by atoms with Crippen molar-refractivity contribution in [1.29, 1.82) is 0 Å². The number of ether oxygens (including phenoxy) is 1. The molecule has 0 heterocycles. The zero-order valence-electron chi connectivity index (χ0n) is 25.8. The summed E-state index contributed by atoms with van der Waals surface area (Å²) in [6.07, 6.45) is 0.177. The average Bonchev–Trinajstić information content (AvgIpc) is 3.02. The molecule has 8 nitrogen and oxygen atoms in total. The van der Waals surface area contributed by atoms with Crippen LogP contribution in [-0.2, 0) is 32.6 Å². The number of benzene rings is 4. The van der Waals surface area contributed by atoms with Crippen molar-refractivity contribution < 1.29 is 27.1 Å². The molecular weight excluding hydrogens is 593 g/mol. The van der Waals surface area contributed by atoms with Crippen LogP contribution in [0.5, 0.6) is 5.75 Å². The smallest absolute Gasteiger partial charge is 0.264 e. The Hall–Kier alpha value is -4.70. The summed E-state index contributed by atoms with van der Waals surface area (Å²) in [5.74, 6) is -1.04. The Bertz CT molecular complexity index is 1700. The maximum Gasteiger partial charge on any atom is 0.264 e. The van der Waals surface area contributed by atoms with Crippen LogP contribution in [0.25, 0.3) is 0 Å². The molecule has 45 heavy (non-hydrogen) atoms. The fourth-order valence-electron chi connectivity index (χ4n) is 4.85. The number of rotatable bonds is 13. The minimum Gasteiger partial charge on any atom is -0.497 e. The quantitative estimate of drug-likeness (QED) is 0.210. The predicted octanol–water partition coefficient (Wildman–Crippen LogP) is 5.50. The highest BCUT2D eigenvalue weighted by molar-refractivity contribution is 7.92. The third-order valence-corrected chi connectivity index (χ3v) is 8.99. The van der Waals surface area contributed by atoms with Crippen LogP contribution in [0.15, 0.2) is 108 Å². The Balaban J connectivity index is 1.81. The Morgan fingerprint density at radius 3 is 2.16 bits per heavy atom. The summed E-state index contributed by atoms with van der Waals surface area (Å²) in [5.41, 5.74) is 2.49. The van der Waals surface area contributed by atoms with Crippen LogP contribution in [0.3, 0.4) is 0 Å². The van der Waals surface area contributed by atoms with E-state index in [0.29, 0.717) is 11.3 Å². The summed E-state index contributed by atoms with van der Waals surface area (Å²) in [6.45, 7) is 4.83. The van der Waals surface area contributed by atoms with Gasteiger partial charge in [0.2, 0.25) is 11.8 Å². The van der Waals surface area contributed by atoms with Crippen LogP contribution in [0.4, 0.5) is 10.1 Å². The molecule has 0 fully saturated rings. The number of methoxy groups -OCH3 is 1. The van der Waals surface area contributed by atoms with E-state index in [1.54, 1.807) is 42.5 Å². The van der Waals surface area contributed by atoms with Gasteiger partial charge in [-0.3, -0.25) is 13.9 Å². The second-order valence-corrected chi connectivity index (χ2v) is 12.9. The van der Waals surface area contributed by atoms with Crippen LogP contribution < -0.4 is 14.4 Å². The number of nitrogens with zero attached hydrogens (tertiary/aromatic N) is 2. The summed E-state index contributed by atoms with van der Waals surface area (Å²) in [4.78, 5) is 29.5. The number of carbonyl (C=O) groups is 2. The first-order valence-electron chi connectivity index (χ1n) is 14.6. The fourth-order valence-corrected chi connectivity index (χ4v) is 6.26. The molecule has 4 rings (SSSR count). The highest BCUT2D eigenvalue weighted by Gasteiger charge is 2.35. The van der Waals surface area contributed by atoms with Crippen LogP contribution >= 0.6 is 0 Å². The van der Waals surface area contributed by atoms with Crippen molar-refractivity contribution >= 4 is 27.5 Å². The lowest BCUT2D eigenvalue weighted by molar-refractivity contribution is -0.140. The standard InChI is InChI=1S/C35H38FN3O5S/c1-25(2)37-35(41)33(21-27-9-6-5-7-10-27)38(23-28-15-17-29(36)18-16-28)34(40)24-39(30-11-8-12-31(22-30)44-4)45(42,43)32-19-13-26(3)14-20-32/h5-20,22,25,33H,21,23-24H2,1-4H3,(H,37,41)/t33-/m1/s1. The number of nitrogens with one attached hydrogen (secondary N) is 1. The van der Waals surface area contributed by atoms with Crippen molar-refractivity contribution in [2.45, 2.75) is 50.7 Å². The first-order valence-corrected chi connectivity index (χ1v) is 16.0. The summed E-state index contributed by atoms with van der Waals surface area (Å²) < 4.78 is 48.5. The molecule has 2 amide bonds. The van der Waals surface area contributed by atoms with Gasteiger partial charge in [-0.2, -0.15) is 0 Å². The van der Waals surface area contributed by atoms with Gasteiger partial charge < -0.3 is 15.0 Å². The Morgan fingerprint density at radius 1 is 0.867 bits per heavy atom. The molecule has 0 aliphatic rings. The van der Waals surface area contributed by atoms with Crippen LogP contribution in [0.1, 0.15) is 30.5 Å². The Labute approximate surface area is 264 Å². The van der Waals surface area contributed by atoms with E-state index in [1.807, 2.05) is 51.1 Å². The minimum atomic E-state index is -4.25. The third-order valence-electron chi connectivity index (χ3n) is 7.20. The average molecular weight is 632 g/mol. The van der Waals surface area contributed by atoms with E-state index in [1.165, 1.54) is 42.3 Å². The molecule has 1 N–H and O–H groups in total. The van der Waals surface area contributed by atoms with Crippen molar-refractivity contribution in [2.24, 2.45) is 0 Å². The van der Waals surface area contributed by atoms with Gasteiger partial charge in [0.05, 0.1) is 17.7 Å². The van der Waals surface area contributed by atoms with Crippen LogP contribution in [-0.4, -0.2) is 50.9 Å². The lowest BCUT2D eigenvalue weighted by Crippen LogP contribution is -2.54. The number of sulfonamides is 1. The van der Waals surface area contributed by atoms with E-state index in [2.05, 4.69) is 5.32 Å². The highest BCUT2D eigenvalue weighted by atomic mass is 32.2. The molecule has 0 aliphatic carbocycles. The van der Waals surface area contributed by atoms with Gasteiger partial charge in [-0.25, -0.2) is 12.8 Å². The number of halogens is 1. The molecule has 236 valence electrons. The second kappa shape index (κ2) is 14.9. The lowest BCUT2D eigenvalue weighted by Gasteiger charge is -2.34. The molecule has 0 radical (unpaired) electrons. The molecule has 0 saturated carbocycles. The van der Waals surface area contributed by atoms with Gasteiger partial charge in [0.15, 0.2) is 0 Å². The van der Waals surface area contributed by atoms with Crippen LogP contribution in [0, 0.1) is 12.7 Å². The molecule has 0 spiro atoms. The number of anilines is 1. The number of amides is 2. The normalized spacial score (nSPS) is 12.0. The molecule has 0 bridgehead atoms. The van der Waals surface area contributed by atoms with E-state index < -0.39 is 40.2 Å². The summed E-state index contributed by atoms with van der Waals surface area (Å²) in [5, 5.41) is 2.91. The van der Waals surface area contributed by atoms with Gasteiger partial charge in [0, 0.05) is 25.1 Å². The SMILES string of the molecule is COc1cccc(N(CC(=O)N(Cc2ccc(F)cc2)[C@H](Cc2ccccc2)C(=O)NC(C)C)S(=O)(=O)c2ccc(C)cc2)c1. The Morgan fingerprint density at radius 2 is 1.53 bits per heavy atom. The van der Waals surface area contributed by atoms with Gasteiger partial charge in [-0.1, -0.05) is 66.2 Å². The van der Waals surface area contributed by atoms with Crippen molar-refractivity contribution in [3.05, 3.63) is 126 Å². The number of carbonyl (C=O) groups excluding carboxylic acids is 2. The van der Waals surface area contributed by atoms with Gasteiger partial charge in [0.1, 0.15) is 24.2 Å². The van der Waals surface area contributed by atoms with Gasteiger partial charge in [-0.15, -0.1) is 0 Å². The molecule has 10 heteroatoms. The second-order valence-electron chi connectivity index (χ2n) is 11.0. The van der Waals surface area contributed by atoms with Crippen molar-refractivity contribution in [3.63, 3.8) is 0 Å². The Kier molecular flexibility index (Phi) is 11.0. The molecule has 0 unspecified atom stereocenters. The van der Waals surface area contributed by atoms with Gasteiger partial charge in [0.25, 0.3) is 10.0 Å². The van der Waals surface area contributed by atoms with E-state index >= 15 is 0 Å². The van der Waals surface area contributed by atoms with E-state index in [-0.39, 0.29) is 29.6 Å². The largest absolute Gasteiger partial charge is 0.497 e. The predicted molar refractivity (Wildman–Crippen MR) is 173 cm³/mol. The zero-order chi connectivity index (χ0) is 32.6. The van der Waals surface area contributed by atoms with E-state index in [9.17, 15) is 22.4 Å². The van der Waals surface area contributed by atoms with Gasteiger partial charge >= 0.3 is 0 Å². The molecule has 1 atom stereocenters. The topological polar surface area (TPSA) is 96.0 Å². The lowest BCUT2D eigenvalue weighted by atomic mass is 10.0. The van der Waals surface area contributed by atoms with Crippen molar-refractivity contribution in [3.8, 4) is 5.75 Å². The molecule has 0 saturated heterocycles. The highest BCUT2D eigenvalue weighted by Crippen LogP contribution is 2.28. The molecule has 4 aromatic rings. The summed E-state index contributed by atoms with van der Waals surface area (Å²) in [6, 6.07) is 26.5. The number of hydrogen-bond donors (Lipinski definition) is 1. The van der Waals surface area contributed by atoms with Gasteiger partial charge in [-0.05, 0) is 68.3 Å². The first-order chi connectivity index (χ1) is 21.5. The third kappa shape index (κ3) is 8.69. The zero-order valence-corrected chi connectivity index (χ0v) is 26.6. The monoisotopic (exact) mass is 631 g/mol. The van der Waals surface area contributed by atoms with E-state index in [0.717, 1.165) is 15.4 Å². The molecule has 0 aromatic heterocycles. The summed E-state index contributed by atoms with van der Waals surface area (Å²) >= 11 is 0. The number of aryl methyl sites for hydroxylation is 1. The summed E-state index contributed by atoms with van der Waals surface area (Å²) in [7, 11) is -2.78. The van der Waals surface area contributed by atoms with Crippen molar-refractivity contribution in [1.82, 2.24) is 10.2 Å². The van der Waals surface area contributed by atoms with Crippen molar-refractivity contribution in [2.75, 3.05) is 18.0 Å². The first kappa shape index (κ1) is 33.2. The number of hydrogen-bond acceptors (Lipinski definition) is 5. The fraction of sp³-hybridized carbons (Fsp3) is 0.257. The van der Waals surface area contributed by atoms with E-state index in [4.69, 9.17) is 4.74 Å². The molecular formula is C35H38FN3O5S. The van der Waals surface area contributed by atoms with Crippen LogP contribution in [0.2, 0.25) is 0 Å². The molecule has 0 aliphatic heterocycles. The maximum atomic E-state index is 14.4. The minimum absolute atomic E-state index is 0.00666. The maximum absolute atomic E-state index is 14.4.